The van der Waals surface area contributed by atoms with E-state index in [-0.39, 0.29) is 33.8 Å². The Labute approximate surface area is 245 Å². The minimum atomic E-state index is -0.265. The van der Waals surface area contributed by atoms with Gasteiger partial charge in [0.1, 0.15) is 22.9 Å². The number of phenolic OH excluding ortho intramolecular Hbond substituents is 2. The molecule has 8 nitrogen and oxygen atoms in total. The third-order valence-electron chi connectivity index (χ3n) is 6.65. The average Bonchev–Trinajstić information content (AvgIpc) is 3.39. The van der Waals surface area contributed by atoms with Gasteiger partial charge in [0.15, 0.2) is 5.76 Å². The zero-order chi connectivity index (χ0) is 28.4. The molecule has 0 saturated carbocycles. The van der Waals surface area contributed by atoms with Crippen LogP contribution in [0.1, 0.15) is 5.69 Å². The number of ether oxygens (including phenoxy) is 1. The molecule has 2 N–H and O–H groups in total. The standard InChI is InChI=1S/C29H24Cl3N3O5/c1-39-19-5-2-17(3-6-19)28-24(33-40-29(28)20-15-23(32)26(37)16-25(20)36)8-9-27(38)35-12-10-34(11-13-35)18-4-7-21(30)22(31)14-18/h2-9,14-16,36-37H,10-13H2,1H3/b9-8+. The molecular weight excluding hydrogens is 577 g/mol. The maximum Gasteiger partial charge on any atom is 0.246 e. The first-order valence-corrected chi connectivity index (χ1v) is 13.4. The van der Waals surface area contributed by atoms with E-state index in [1.54, 1.807) is 36.3 Å². The van der Waals surface area contributed by atoms with Gasteiger partial charge in [0.05, 0.1) is 33.3 Å². The summed E-state index contributed by atoms with van der Waals surface area (Å²) in [6.45, 7) is 2.34. The van der Waals surface area contributed by atoms with Gasteiger partial charge >= 0.3 is 0 Å². The summed E-state index contributed by atoms with van der Waals surface area (Å²) in [6, 6.07) is 15.2. The quantitative estimate of drug-likeness (QED) is 0.236. The first-order chi connectivity index (χ1) is 19.2. The highest BCUT2D eigenvalue weighted by Gasteiger charge is 2.24. The minimum Gasteiger partial charge on any atom is -0.507 e. The number of hydrogen-bond acceptors (Lipinski definition) is 7. The van der Waals surface area contributed by atoms with E-state index >= 15 is 0 Å². The zero-order valence-electron chi connectivity index (χ0n) is 21.3. The van der Waals surface area contributed by atoms with E-state index in [1.807, 2.05) is 24.3 Å². The van der Waals surface area contributed by atoms with E-state index in [9.17, 15) is 15.0 Å². The number of aromatic hydroxyl groups is 2. The van der Waals surface area contributed by atoms with Crippen LogP contribution in [0.25, 0.3) is 28.5 Å². The number of methoxy groups -OCH3 is 1. The average molecular weight is 601 g/mol. The Bertz CT molecular complexity index is 1580. The van der Waals surface area contributed by atoms with Gasteiger partial charge in [0, 0.05) is 44.0 Å². The second-order valence-electron chi connectivity index (χ2n) is 9.07. The van der Waals surface area contributed by atoms with Gasteiger partial charge in [-0.05, 0) is 48.0 Å². The smallest absolute Gasteiger partial charge is 0.246 e. The van der Waals surface area contributed by atoms with Gasteiger partial charge < -0.3 is 29.3 Å². The Morgan fingerprint density at radius 2 is 1.65 bits per heavy atom. The SMILES string of the molecule is COc1ccc(-c2c(/C=C/C(=O)N3CCN(c4ccc(Cl)c(Cl)c4)CC3)noc2-c2cc(Cl)c(O)cc2O)cc1. The number of hydrogen-bond donors (Lipinski definition) is 2. The Balaban J connectivity index is 1.39. The van der Waals surface area contributed by atoms with Crippen molar-refractivity contribution < 1.29 is 24.3 Å². The highest BCUT2D eigenvalue weighted by molar-refractivity contribution is 6.42. The molecule has 0 atom stereocenters. The first-order valence-electron chi connectivity index (χ1n) is 12.3. The summed E-state index contributed by atoms with van der Waals surface area (Å²) in [5, 5.41) is 25.6. The third kappa shape index (κ3) is 5.70. The monoisotopic (exact) mass is 599 g/mol. The topological polar surface area (TPSA) is 99.3 Å². The predicted molar refractivity (Wildman–Crippen MR) is 157 cm³/mol. The fraction of sp³-hybridized carbons (Fsp3) is 0.172. The van der Waals surface area contributed by atoms with Gasteiger partial charge in [0.25, 0.3) is 0 Å². The number of benzene rings is 3. The predicted octanol–water partition coefficient (Wildman–Crippen LogP) is 6.75. The number of carbonyl (C=O) groups is 1. The van der Waals surface area contributed by atoms with Crippen LogP contribution in [0.2, 0.25) is 15.1 Å². The van der Waals surface area contributed by atoms with Crippen LogP contribution in [0.3, 0.4) is 0 Å². The number of rotatable bonds is 6. The number of carbonyl (C=O) groups excluding carboxylic acids is 1. The number of anilines is 1. The largest absolute Gasteiger partial charge is 0.507 e. The molecule has 1 aliphatic heterocycles. The van der Waals surface area contributed by atoms with Gasteiger partial charge in [-0.1, -0.05) is 52.1 Å². The van der Waals surface area contributed by atoms with Gasteiger partial charge in [0.2, 0.25) is 5.91 Å². The van der Waals surface area contributed by atoms with Crippen molar-refractivity contribution in [2.75, 3.05) is 38.2 Å². The van der Waals surface area contributed by atoms with Crippen molar-refractivity contribution in [1.29, 1.82) is 0 Å². The molecule has 1 aliphatic rings. The van der Waals surface area contributed by atoms with Crippen molar-refractivity contribution in [2.45, 2.75) is 0 Å². The molecule has 1 aromatic heterocycles. The minimum absolute atomic E-state index is 0.0390. The summed E-state index contributed by atoms with van der Waals surface area (Å²) in [4.78, 5) is 17.0. The van der Waals surface area contributed by atoms with E-state index in [1.165, 1.54) is 12.1 Å². The number of aromatic nitrogens is 1. The summed E-state index contributed by atoms with van der Waals surface area (Å²) >= 11 is 18.3. The number of phenols is 2. The molecular formula is C29H24Cl3N3O5. The molecule has 1 amide bonds. The van der Waals surface area contributed by atoms with Crippen LogP contribution in [0.4, 0.5) is 5.69 Å². The summed E-state index contributed by atoms with van der Waals surface area (Å²) in [6.07, 6.45) is 3.03. The van der Waals surface area contributed by atoms with Crippen LogP contribution < -0.4 is 9.64 Å². The van der Waals surface area contributed by atoms with E-state index in [0.29, 0.717) is 58.8 Å². The molecule has 0 spiro atoms. The number of halogens is 3. The Morgan fingerprint density at radius 3 is 2.33 bits per heavy atom. The summed E-state index contributed by atoms with van der Waals surface area (Å²) in [5.41, 5.74) is 2.82. The molecule has 1 fully saturated rings. The molecule has 1 saturated heterocycles. The lowest BCUT2D eigenvalue weighted by molar-refractivity contribution is -0.126. The van der Waals surface area contributed by atoms with Crippen molar-refractivity contribution in [2.24, 2.45) is 0 Å². The molecule has 206 valence electrons. The second-order valence-corrected chi connectivity index (χ2v) is 10.3. The highest BCUT2D eigenvalue weighted by atomic mass is 35.5. The van der Waals surface area contributed by atoms with Crippen molar-refractivity contribution in [1.82, 2.24) is 10.1 Å². The lowest BCUT2D eigenvalue weighted by Crippen LogP contribution is -2.48. The van der Waals surface area contributed by atoms with Gasteiger partial charge in [-0.3, -0.25) is 4.79 Å². The van der Waals surface area contributed by atoms with E-state index < -0.39 is 0 Å². The number of amides is 1. The normalized spacial score (nSPS) is 13.7. The summed E-state index contributed by atoms with van der Waals surface area (Å²) in [7, 11) is 1.57. The fourth-order valence-electron chi connectivity index (χ4n) is 4.49. The molecule has 4 aromatic rings. The molecule has 0 aliphatic carbocycles. The Hall–Kier alpha value is -3.85. The lowest BCUT2D eigenvalue weighted by atomic mass is 9.98. The zero-order valence-corrected chi connectivity index (χ0v) is 23.5. The van der Waals surface area contributed by atoms with E-state index in [4.69, 9.17) is 44.1 Å². The van der Waals surface area contributed by atoms with Crippen LogP contribution in [-0.4, -0.2) is 59.5 Å². The molecule has 0 radical (unpaired) electrons. The molecule has 3 aromatic carbocycles. The van der Waals surface area contributed by atoms with Crippen LogP contribution in [-0.2, 0) is 4.79 Å². The summed E-state index contributed by atoms with van der Waals surface area (Å²) in [5.74, 6) is 0.212. The van der Waals surface area contributed by atoms with Crippen molar-refractivity contribution >= 4 is 52.5 Å². The third-order valence-corrected chi connectivity index (χ3v) is 7.69. The van der Waals surface area contributed by atoms with Gasteiger partial charge in [-0.25, -0.2) is 0 Å². The molecule has 5 rings (SSSR count). The molecule has 40 heavy (non-hydrogen) atoms. The maximum atomic E-state index is 13.1. The molecule has 0 bridgehead atoms. The van der Waals surface area contributed by atoms with Crippen LogP contribution in [0.15, 0.2) is 65.2 Å². The molecule has 11 heteroatoms. The van der Waals surface area contributed by atoms with Crippen molar-refractivity contribution in [3.63, 3.8) is 0 Å². The Morgan fingerprint density at radius 1 is 0.925 bits per heavy atom. The number of piperazine rings is 1. The van der Waals surface area contributed by atoms with Gasteiger partial charge in [-0.15, -0.1) is 0 Å². The highest BCUT2D eigenvalue weighted by Crippen LogP contribution is 2.43. The van der Waals surface area contributed by atoms with Crippen LogP contribution in [0.5, 0.6) is 17.2 Å². The van der Waals surface area contributed by atoms with Crippen molar-refractivity contribution in [3.05, 3.63) is 81.4 Å². The molecule has 2 heterocycles. The van der Waals surface area contributed by atoms with E-state index in [0.717, 1.165) is 11.8 Å². The van der Waals surface area contributed by atoms with Gasteiger partial charge in [-0.2, -0.15) is 0 Å². The Kier molecular flexibility index (Phi) is 8.12. The second kappa shape index (κ2) is 11.7. The van der Waals surface area contributed by atoms with Crippen LogP contribution >= 0.6 is 34.8 Å². The molecule has 0 unspecified atom stereocenters. The maximum absolute atomic E-state index is 13.1. The van der Waals surface area contributed by atoms with Crippen LogP contribution in [0, 0.1) is 0 Å². The first kappa shape index (κ1) is 27.7. The van der Waals surface area contributed by atoms with E-state index in [2.05, 4.69) is 10.1 Å². The number of nitrogens with zero attached hydrogens (tertiary/aromatic N) is 3. The summed E-state index contributed by atoms with van der Waals surface area (Å²) < 4.78 is 10.9. The lowest BCUT2D eigenvalue weighted by Gasteiger charge is -2.35. The van der Waals surface area contributed by atoms with Crippen molar-refractivity contribution in [3.8, 4) is 39.7 Å². The fourth-order valence-corrected chi connectivity index (χ4v) is 4.95.